The minimum absolute atomic E-state index is 0.655. The number of benzene rings is 8. The predicted molar refractivity (Wildman–Crippen MR) is 211 cm³/mol. The zero-order chi connectivity index (χ0) is 34.1. The van der Waals surface area contributed by atoms with E-state index in [0.29, 0.717) is 5.56 Å². The van der Waals surface area contributed by atoms with Crippen molar-refractivity contribution in [3.05, 3.63) is 194 Å². The van der Waals surface area contributed by atoms with Crippen LogP contribution in [0.2, 0.25) is 0 Å². The summed E-state index contributed by atoms with van der Waals surface area (Å²) in [6, 6.07) is 67.9. The van der Waals surface area contributed by atoms with E-state index in [0.717, 1.165) is 88.7 Å². The number of hydrogen-bond donors (Lipinski definition) is 0. The fourth-order valence-corrected chi connectivity index (χ4v) is 7.17. The molecule has 1 aromatic heterocycles. The summed E-state index contributed by atoms with van der Waals surface area (Å²) in [5.41, 5.74) is 15.0. The molecule has 0 saturated heterocycles. The monoisotopic (exact) mass is 649 g/mol. The largest absolute Gasteiger partial charge is 0.455 e. The minimum Gasteiger partial charge on any atom is -0.455 e. The van der Waals surface area contributed by atoms with Crippen molar-refractivity contribution < 1.29 is 4.42 Å². The van der Waals surface area contributed by atoms with Crippen molar-refractivity contribution in [2.24, 2.45) is 0 Å². The van der Waals surface area contributed by atoms with E-state index in [9.17, 15) is 5.26 Å². The topological polar surface area (TPSA) is 36.9 Å². The molecule has 8 aromatic carbocycles. The number of furan rings is 1. The molecule has 0 aliphatic carbocycles. The first kappa shape index (κ1) is 30.1. The number of nitrogens with zero attached hydrogens (tertiary/aromatic N) is 1. The Bertz CT molecular complexity index is 2610. The second-order valence-corrected chi connectivity index (χ2v) is 12.8. The van der Waals surface area contributed by atoms with Crippen molar-refractivity contribution in [1.82, 2.24) is 0 Å². The number of rotatable bonds is 6. The van der Waals surface area contributed by atoms with Crippen LogP contribution in [0, 0.1) is 11.3 Å². The molecule has 9 rings (SSSR count). The Kier molecular flexibility index (Phi) is 7.58. The van der Waals surface area contributed by atoms with Gasteiger partial charge in [-0.3, -0.25) is 0 Å². The lowest BCUT2D eigenvalue weighted by Gasteiger charge is -2.16. The summed E-state index contributed by atoms with van der Waals surface area (Å²) >= 11 is 0. The summed E-state index contributed by atoms with van der Waals surface area (Å²) in [5.74, 6) is 0. The third kappa shape index (κ3) is 5.58. The Morgan fingerprint density at radius 2 is 0.804 bits per heavy atom. The highest BCUT2D eigenvalue weighted by Crippen LogP contribution is 2.41. The number of hydrogen-bond acceptors (Lipinski definition) is 2. The van der Waals surface area contributed by atoms with E-state index >= 15 is 0 Å². The van der Waals surface area contributed by atoms with Gasteiger partial charge in [0.2, 0.25) is 0 Å². The molecule has 0 bridgehead atoms. The number of fused-ring (bicyclic) bond motifs is 3. The van der Waals surface area contributed by atoms with Gasteiger partial charge in [0, 0.05) is 27.5 Å². The third-order valence-electron chi connectivity index (χ3n) is 9.77. The SMILES string of the molecule is N#Cc1c(-c2ccc(-c3ccccc3)cc2)cc(-c2cccc(-c3cccc4c3oc3ccccc34)c2)cc1-c1ccc(-c2ccccc2)cc1. The highest BCUT2D eigenvalue weighted by molar-refractivity contribution is 6.09. The van der Waals surface area contributed by atoms with Crippen LogP contribution in [0.5, 0.6) is 0 Å². The van der Waals surface area contributed by atoms with Gasteiger partial charge in [0.1, 0.15) is 17.2 Å². The molecule has 238 valence electrons. The van der Waals surface area contributed by atoms with Crippen molar-refractivity contribution in [1.29, 1.82) is 5.26 Å². The Morgan fingerprint density at radius 1 is 0.333 bits per heavy atom. The minimum atomic E-state index is 0.655. The maximum Gasteiger partial charge on any atom is 0.143 e. The van der Waals surface area contributed by atoms with Crippen molar-refractivity contribution in [2.75, 3.05) is 0 Å². The molecule has 9 aromatic rings. The van der Waals surface area contributed by atoms with Crippen LogP contribution in [0.4, 0.5) is 0 Å². The van der Waals surface area contributed by atoms with Crippen molar-refractivity contribution in [2.45, 2.75) is 0 Å². The van der Waals surface area contributed by atoms with Crippen molar-refractivity contribution in [3.8, 4) is 72.8 Å². The average Bonchev–Trinajstić information content (AvgIpc) is 3.60. The first-order valence-electron chi connectivity index (χ1n) is 17.1. The fraction of sp³-hybridized carbons (Fsp3) is 0. The predicted octanol–water partition coefficient (Wildman–Crippen LogP) is 13.5. The summed E-state index contributed by atoms with van der Waals surface area (Å²) in [4.78, 5) is 0. The summed E-state index contributed by atoms with van der Waals surface area (Å²) in [7, 11) is 0. The van der Waals surface area contributed by atoms with Crippen LogP contribution in [0.25, 0.3) is 88.7 Å². The zero-order valence-corrected chi connectivity index (χ0v) is 27.8. The van der Waals surface area contributed by atoms with Crippen molar-refractivity contribution >= 4 is 21.9 Å². The van der Waals surface area contributed by atoms with Crippen LogP contribution in [0.1, 0.15) is 5.56 Å². The molecule has 51 heavy (non-hydrogen) atoms. The standard InChI is InChI=1S/C49H31NO/c50-32-47-45(37-25-21-35(22-26-37)33-11-3-1-4-12-33)30-41(31-46(47)38-27-23-36(24-28-38)34-13-5-2-6-14-34)39-15-9-16-40(29-39)42-18-10-19-44-43-17-7-8-20-48(43)51-49(42)44/h1-31H. The van der Waals surface area contributed by atoms with Crippen LogP contribution >= 0.6 is 0 Å². The summed E-state index contributed by atoms with van der Waals surface area (Å²) in [6.07, 6.45) is 0. The van der Waals surface area contributed by atoms with Gasteiger partial charge in [-0.05, 0) is 74.3 Å². The molecule has 0 saturated carbocycles. The van der Waals surface area contributed by atoms with Crippen LogP contribution in [0.3, 0.4) is 0 Å². The highest BCUT2D eigenvalue weighted by atomic mass is 16.3. The fourth-order valence-electron chi connectivity index (χ4n) is 7.17. The Labute approximate surface area is 297 Å². The first-order valence-corrected chi connectivity index (χ1v) is 17.1. The van der Waals surface area contributed by atoms with Gasteiger partial charge in [0.05, 0.1) is 5.56 Å². The lowest BCUT2D eigenvalue weighted by atomic mass is 9.87. The van der Waals surface area contributed by atoms with E-state index in [1.54, 1.807) is 0 Å². The first-order chi connectivity index (χ1) is 25.2. The summed E-state index contributed by atoms with van der Waals surface area (Å²) < 4.78 is 6.41. The molecule has 0 radical (unpaired) electrons. The van der Waals surface area contributed by atoms with Gasteiger partial charge in [0.25, 0.3) is 0 Å². The maximum absolute atomic E-state index is 10.7. The molecule has 0 fully saturated rings. The normalized spacial score (nSPS) is 11.1. The summed E-state index contributed by atoms with van der Waals surface area (Å²) in [6.45, 7) is 0. The quantitative estimate of drug-likeness (QED) is 0.180. The summed E-state index contributed by atoms with van der Waals surface area (Å²) in [5, 5.41) is 13.0. The van der Waals surface area contributed by atoms with Crippen LogP contribution < -0.4 is 0 Å². The molecule has 0 amide bonds. The molecule has 1 heterocycles. The van der Waals surface area contributed by atoms with Gasteiger partial charge in [-0.2, -0.15) is 5.26 Å². The van der Waals surface area contributed by atoms with Gasteiger partial charge < -0.3 is 4.42 Å². The Balaban J connectivity index is 1.20. The van der Waals surface area contributed by atoms with E-state index < -0.39 is 0 Å². The van der Waals surface area contributed by atoms with Crippen molar-refractivity contribution in [3.63, 3.8) is 0 Å². The Morgan fingerprint density at radius 3 is 1.41 bits per heavy atom. The van der Waals surface area contributed by atoms with E-state index in [1.807, 2.05) is 24.3 Å². The second kappa shape index (κ2) is 12.8. The van der Waals surface area contributed by atoms with Gasteiger partial charge in [0.15, 0.2) is 0 Å². The van der Waals surface area contributed by atoms with E-state index in [1.165, 1.54) is 0 Å². The number of para-hydroxylation sites is 2. The van der Waals surface area contributed by atoms with E-state index in [-0.39, 0.29) is 0 Å². The Hall–Kier alpha value is -6.95. The zero-order valence-electron chi connectivity index (χ0n) is 27.8. The molecular weight excluding hydrogens is 619 g/mol. The van der Waals surface area contributed by atoms with Gasteiger partial charge in [-0.1, -0.05) is 164 Å². The van der Waals surface area contributed by atoms with Crippen LogP contribution in [0.15, 0.2) is 192 Å². The molecule has 0 aliphatic rings. The van der Waals surface area contributed by atoms with Crippen LogP contribution in [-0.2, 0) is 0 Å². The van der Waals surface area contributed by atoms with E-state index in [4.69, 9.17) is 4.42 Å². The number of nitriles is 1. The lowest BCUT2D eigenvalue weighted by molar-refractivity contribution is 0.670. The smallest absolute Gasteiger partial charge is 0.143 e. The van der Waals surface area contributed by atoms with Gasteiger partial charge in [-0.15, -0.1) is 0 Å². The molecule has 0 aliphatic heterocycles. The van der Waals surface area contributed by atoms with Gasteiger partial charge >= 0.3 is 0 Å². The molecule has 2 nitrogen and oxygen atoms in total. The molecule has 0 atom stereocenters. The maximum atomic E-state index is 10.7. The average molecular weight is 650 g/mol. The molecular formula is C49H31NO. The molecule has 0 spiro atoms. The third-order valence-corrected chi connectivity index (χ3v) is 9.77. The highest BCUT2D eigenvalue weighted by Gasteiger charge is 2.17. The van der Waals surface area contributed by atoms with Crippen LogP contribution in [-0.4, -0.2) is 0 Å². The second-order valence-electron chi connectivity index (χ2n) is 12.8. The van der Waals surface area contributed by atoms with Gasteiger partial charge in [-0.25, -0.2) is 0 Å². The molecule has 0 unspecified atom stereocenters. The van der Waals surface area contributed by atoms with E-state index in [2.05, 4.69) is 170 Å². The molecule has 0 N–H and O–H groups in total. The molecule has 2 heteroatoms. The lowest BCUT2D eigenvalue weighted by Crippen LogP contribution is -1.93.